The Balaban J connectivity index is 1.35. The normalized spacial score (nSPS) is 13.6. The Hall–Kier alpha value is -3.76. The fourth-order valence-corrected chi connectivity index (χ4v) is 2.96. The van der Waals surface area contributed by atoms with Crippen LogP contribution in [-0.4, -0.2) is 38.6 Å². The van der Waals surface area contributed by atoms with Crippen molar-refractivity contribution in [2.24, 2.45) is 0 Å². The van der Waals surface area contributed by atoms with Crippen molar-refractivity contribution in [3.8, 4) is 11.4 Å². The molecule has 1 fully saturated rings. The van der Waals surface area contributed by atoms with E-state index in [4.69, 9.17) is 0 Å². The molecule has 160 valence electrons. The minimum absolute atomic E-state index is 0.0229. The molecule has 0 atom stereocenters. The highest BCUT2D eigenvalue weighted by Gasteiger charge is 2.30. The van der Waals surface area contributed by atoms with Crippen LogP contribution in [0, 0.1) is 0 Å². The monoisotopic (exact) mass is 430 g/mol. The zero-order valence-electron chi connectivity index (χ0n) is 16.1. The van der Waals surface area contributed by atoms with Crippen molar-refractivity contribution >= 4 is 17.5 Å². The van der Waals surface area contributed by atoms with Crippen LogP contribution in [0.3, 0.4) is 0 Å². The molecular weight excluding hydrogens is 413 g/mol. The summed E-state index contributed by atoms with van der Waals surface area (Å²) in [7, 11) is 0. The van der Waals surface area contributed by atoms with Gasteiger partial charge in [0.05, 0.1) is 18.2 Å². The fraction of sp³-hybridized carbons (Fsp3) is 0.250. The lowest BCUT2D eigenvalue weighted by atomic mass is 10.1. The van der Waals surface area contributed by atoms with Crippen LogP contribution in [0.25, 0.3) is 11.4 Å². The quantitative estimate of drug-likeness (QED) is 0.626. The molecular formula is C20H17F3N6O2. The van der Waals surface area contributed by atoms with E-state index in [-0.39, 0.29) is 12.1 Å². The summed E-state index contributed by atoms with van der Waals surface area (Å²) < 4.78 is 39.6. The van der Waals surface area contributed by atoms with E-state index in [2.05, 4.69) is 26.2 Å². The average Bonchev–Trinajstić information content (AvgIpc) is 3.48. The third-order valence-electron chi connectivity index (χ3n) is 4.67. The van der Waals surface area contributed by atoms with Crippen molar-refractivity contribution in [3.63, 3.8) is 0 Å². The Morgan fingerprint density at radius 1 is 1.10 bits per heavy atom. The summed E-state index contributed by atoms with van der Waals surface area (Å²) in [5.41, 5.74) is 0.407. The molecule has 31 heavy (non-hydrogen) atoms. The van der Waals surface area contributed by atoms with Crippen LogP contribution in [0.5, 0.6) is 0 Å². The minimum Gasteiger partial charge on any atom is -0.343 e. The molecule has 0 aliphatic heterocycles. The van der Waals surface area contributed by atoms with E-state index in [0.29, 0.717) is 17.6 Å². The molecule has 2 N–H and O–H groups in total. The van der Waals surface area contributed by atoms with Gasteiger partial charge < -0.3 is 10.6 Å². The maximum absolute atomic E-state index is 12.6. The second-order valence-electron chi connectivity index (χ2n) is 7.07. The van der Waals surface area contributed by atoms with Gasteiger partial charge in [0.25, 0.3) is 5.91 Å². The maximum Gasteiger partial charge on any atom is 0.416 e. The number of benzene rings is 2. The molecule has 0 spiro atoms. The molecule has 1 aliphatic carbocycles. The van der Waals surface area contributed by atoms with E-state index < -0.39 is 23.6 Å². The van der Waals surface area contributed by atoms with Crippen molar-refractivity contribution < 1.29 is 22.8 Å². The number of carbonyl (C=O) groups is 2. The van der Waals surface area contributed by atoms with Crippen LogP contribution in [0.2, 0.25) is 0 Å². The molecule has 11 heteroatoms. The van der Waals surface area contributed by atoms with Crippen LogP contribution in [-0.2, 0) is 11.0 Å². The van der Waals surface area contributed by atoms with Gasteiger partial charge in [-0.1, -0.05) is 12.1 Å². The first-order valence-corrected chi connectivity index (χ1v) is 9.45. The number of carbonyl (C=O) groups excluding carboxylic acids is 2. The Kier molecular flexibility index (Phi) is 5.40. The zero-order valence-corrected chi connectivity index (χ0v) is 16.1. The standard InChI is InChI=1S/C20H17F3N6O2/c21-20(22,23)14-6-4-12(5-7-14)19(31)24-11-17(30)25-15-3-1-2-13(10-15)18-26-27-28-29(18)16-8-9-16/h1-7,10,16H,8-9,11H2,(H,24,31)(H,25,30). The van der Waals surface area contributed by atoms with Gasteiger partial charge in [0, 0.05) is 16.8 Å². The summed E-state index contributed by atoms with van der Waals surface area (Å²) in [6, 6.07) is 11.0. The number of amides is 2. The molecule has 0 radical (unpaired) electrons. The predicted octanol–water partition coefficient (Wildman–Crippen LogP) is 3.06. The maximum atomic E-state index is 12.6. The van der Waals surface area contributed by atoms with E-state index in [1.54, 1.807) is 22.9 Å². The molecule has 3 aromatic rings. The number of anilines is 1. The zero-order chi connectivity index (χ0) is 22.0. The summed E-state index contributed by atoms with van der Waals surface area (Å²) in [5.74, 6) is -0.533. The fourth-order valence-electron chi connectivity index (χ4n) is 2.96. The van der Waals surface area contributed by atoms with Gasteiger partial charge in [-0.3, -0.25) is 9.59 Å². The third-order valence-corrected chi connectivity index (χ3v) is 4.67. The SMILES string of the molecule is O=C(CNC(=O)c1ccc(C(F)(F)F)cc1)Nc1cccc(-c2nnnn2C2CC2)c1. The lowest BCUT2D eigenvalue weighted by molar-refractivity contribution is -0.137. The Morgan fingerprint density at radius 2 is 1.84 bits per heavy atom. The first-order valence-electron chi connectivity index (χ1n) is 9.45. The molecule has 0 unspecified atom stereocenters. The van der Waals surface area contributed by atoms with Crippen LogP contribution in [0.4, 0.5) is 18.9 Å². The van der Waals surface area contributed by atoms with Crippen molar-refractivity contribution in [1.29, 1.82) is 0 Å². The number of halogens is 3. The summed E-state index contributed by atoms with van der Waals surface area (Å²) in [6.45, 7) is -0.343. The number of nitrogens with one attached hydrogen (secondary N) is 2. The van der Waals surface area contributed by atoms with E-state index in [1.807, 2.05) is 6.07 Å². The van der Waals surface area contributed by atoms with Gasteiger partial charge in [-0.25, -0.2) is 4.68 Å². The summed E-state index contributed by atoms with van der Waals surface area (Å²) in [6.07, 6.45) is -2.44. The number of alkyl halides is 3. The first-order chi connectivity index (χ1) is 14.8. The second-order valence-corrected chi connectivity index (χ2v) is 7.07. The van der Waals surface area contributed by atoms with Crippen LogP contribution < -0.4 is 10.6 Å². The molecule has 0 saturated heterocycles. The lowest BCUT2D eigenvalue weighted by Crippen LogP contribution is -2.32. The predicted molar refractivity (Wildman–Crippen MR) is 104 cm³/mol. The molecule has 0 bridgehead atoms. The number of rotatable bonds is 6. The Labute approximate surface area is 174 Å². The molecule has 2 amide bonds. The van der Waals surface area contributed by atoms with Crippen molar-refractivity contribution in [1.82, 2.24) is 25.5 Å². The van der Waals surface area contributed by atoms with Crippen LogP contribution >= 0.6 is 0 Å². The molecule has 1 heterocycles. The topological polar surface area (TPSA) is 102 Å². The van der Waals surface area contributed by atoms with Gasteiger partial charge in [-0.05, 0) is 59.7 Å². The first kappa shape index (κ1) is 20.5. The molecule has 1 aromatic heterocycles. The van der Waals surface area contributed by atoms with Crippen molar-refractivity contribution in [2.45, 2.75) is 25.1 Å². The highest BCUT2D eigenvalue weighted by atomic mass is 19.4. The molecule has 4 rings (SSSR count). The number of hydrogen-bond acceptors (Lipinski definition) is 5. The summed E-state index contributed by atoms with van der Waals surface area (Å²) in [5, 5.41) is 16.8. The third kappa shape index (κ3) is 4.87. The van der Waals surface area contributed by atoms with E-state index >= 15 is 0 Å². The highest BCUT2D eigenvalue weighted by Crippen LogP contribution is 2.36. The van der Waals surface area contributed by atoms with Crippen LogP contribution in [0.15, 0.2) is 48.5 Å². The molecule has 2 aromatic carbocycles. The minimum atomic E-state index is -4.48. The number of tetrazole rings is 1. The largest absolute Gasteiger partial charge is 0.416 e. The van der Waals surface area contributed by atoms with Gasteiger partial charge in [-0.2, -0.15) is 13.2 Å². The van der Waals surface area contributed by atoms with Gasteiger partial charge in [-0.15, -0.1) is 5.10 Å². The van der Waals surface area contributed by atoms with Crippen LogP contribution in [0.1, 0.15) is 34.8 Å². The second kappa shape index (κ2) is 8.17. The Morgan fingerprint density at radius 3 is 2.52 bits per heavy atom. The van der Waals surface area contributed by atoms with Crippen molar-refractivity contribution in [3.05, 3.63) is 59.7 Å². The van der Waals surface area contributed by atoms with E-state index in [1.165, 1.54) is 0 Å². The van der Waals surface area contributed by atoms with Gasteiger partial charge in [0.1, 0.15) is 0 Å². The number of hydrogen-bond donors (Lipinski definition) is 2. The molecule has 1 aliphatic rings. The number of nitrogens with zero attached hydrogens (tertiary/aromatic N) is 4. The Bertz CT molecular complexity index is 1110. The molecule has 1 saturated carbocycles. The van der Waals surface area contributed by atoms with E-state index in [9.17, 15) is 22.8 Å². The van der Waals surface area contributed by atoms with Gasteiger partial charge >= 0.3 is 6.18 Å². The van der Waals surface area contributed by atoms with Gasteiger partial charge in [0.15, 0.2) is 5.82 Å². The molecule has 8 nitrogen and oxygen atoms in total. The summed E-state index contributed by atoms with van der Waals surface area (Å²) >= 11 is 0. The van der Waals surface area contributed by atoms with Crippen molar-refractivity contribution in [2.75, 3.05) is 11.9 Å². The number of aromatic nitrogens is 4. The summed E-state index contributed by atoms with van der Waals surface area (Å²) in [4.78, 5) is 24.3. The smallest absolute Gasteiger partial charge is 0.343 e. The van der Waals surface area contributed by atoms with Gasteiger partial charge in [0.2, 0.25) is 5.91 Å². The highest BCUT2D eigenvalue weighted by molar-refractivity contribution is 5.99. The lowest BCUT2D eigenvalue weighted by Gasteiger charge is -2.10. The van der Waals surface area contributed by atoms with E-state index in [0.717, 1.165) is 42.7 Å². The average molecular weight is 430 g/mol.